The number of nitrogens with one attached hydrogen (secondary N) is 2. The molecule has 1 amide bonds. The number of benzene rings is 2. The summed E-state index contributed by atoms with van der Waals surface area (Å²) < 4.78 is 35.4. The fraction of sp³-hybridized carbons (Fsp3) is 0.364. The van der Waals surface area contributed by atoms with Gasteiger partial charge in [-0.3, -0.25) is 9.79 Å². The van der Waals surface area contributed by atoms with Crippen LogP contribution >= 0.6 is 0 Å². The van der Waals surface area contributed by atoms with E-state index in [9.17, 15) is 13.6 Å². The summed E-state index contributed by atoms with van der Waals surface area (Å²) in [5.74, 6) is 1.09. The number of carbonyl (C=O) groups is 1. The normalized spacial score (nSPS) is 11.3. The minimum atomic E-state index is -2.89. The van der Waals surface area contributed by atoms with Crippen LogP contribution in [-0.4, -0.2) is 51.1 Å². The third-order valence-corrected chi connectivity index (χ3v) is 4.32. The number of amides is 1. The number of alkyl halides is 2. The molecule has 2 rings (SSSR count). The number of ether oxygens (including phenoxy) is 2. The van der Waals surface area contributed by atoms with Crippen LogP contribution in [0.1, 0.15) is 16.7 Å². The smallest absolute Gasteiger partial charge is 0.387 e. The fourth-order valence-corrected chi connectivity index (χ4v) is 2.66. The Kier molecular flexibility index (Phi) is 9.05. The number of guanidine groups is 1. The van der Waals surface area contributed by atoms with E-state index >= 15 is 0 Å². The van der Waals surface area contributed by atoms with Gasteiger partial charge in [-0.15, -0.1) is 0 Å². The molecular weight excluding hydrogens is 406 g/mol. The molecule has 168 valence electrons. The highest BCUT2D eigenvalue weighted by Gasteiger charge is 2.11. The second-order valence-corrected chi connectivity index (χ2v) is 6.99. The average Bonchev–Trinajstić information content (AvgIpc) is 2.73. The number of halogens is 2. The van der Waals surface area contributed by atoms with Crippen molar-refractivity contribution in [2.24, 2.45) is 4.99 Å². The summed E-state index contributed by atoms with van der Waals surface area (Å²) in [5, 5.41) is 6.26. The van der Waals surface area contributed by atoms with Crippen LogP contribution in [0.3, 0.4) is 0 Å². The van der Waals surface area contributed by atoms with E-state index in [1.54, 1.807) is 39.3 Å². The molecule has 0 bridgehead atoms. The highest BCUT2D eigenvalue weighted by molar-refractivity contribution is 5.79. The van der Waals surface area contributed by atoms with Crippen LogP contribution in [0, 0.1) is 6.92 Å². The predicted octanol–water partition coefficient (Wildman–Crippen LogP) is 2.93. The maximum atomic E-state index is 12.6. The number of hydrogen-bond acceptors (Lipinski definition) is 4. The van der Waals surface area contributed by atoms with Gasteiger partial charge in [-0.05, 0) is 30.7 Å². The Morgan fingerprint density at radius 2 is 1.87 bits per heavy atom. The highest BCUT2D eigenvalue weighted by Crippen LogP contribution is 2.22. The molecule has 2 aromatic carbocycles. The summed E-state index contributed by atoms with van der Waals surface area (Å²) >= 11 is 0. The Labute approximate surface area is 181 Å². The van der Waals surface area contributed by atoms with E-state index in [0.717, 1.165) is 11.1 Å². The van der Waals surface area contributed by atoms with Crippen LogP contribution in [0.15, 0.2) is 47.5 Å². The molecule has 0 saturated carbocycles. The van der Waals surface area contributed by atoms with Gasteiger partial charge in [-0.1, -0.05) is 29.8 Å². The number of likely N-dealkylation sites (N-methyl/N-ethyl adjacent to an activating group) is 1. The fourth-order valence-electron chi connectivity index (χ4n) is 2.66. The quantitative estimate of drug-likeness (QED) is 0.469. The Balaban J connectivity index is 1.93. The summed E-state index contributed by atoms with van der Waals surface area (Å²) in [7, 11) is 4.96. The van der Waals surface area contributed by atoms with Crippen LogP contribution in [0.25, 0.3) is 0 Å². The molecule has 0 aliphatic rings. The molecule has 0 spiro atoms. The SMILES string of the molecule is CN=C(NCc1cccc(OCC(=O)N(C)C)c1)NCc1cc(C)ccc1OC(F)F. The lowest BCUT2D eigenvalue weighted by molar-refractivity contribution is -0.130. The lowest BCUT2D eigenvalue weighted by Crippen LogP contribution is -2.36. The van der Waals surface area contributed by atoms with Crippen molar-refractivity contribution < 1.29 is 23.0 Å². The molecule has 0 heterocycles. The Hall–Kier alpha value is -3.36. The maximum Gasteiger partial charge on any atom is 0.387 e. The Morgan fingerprint density at radius 1 is 1.13 bits per heavy atom. The zero-order valence-electron chi connectivity index (χ0n) is 18.1. The number of rotatable bonds is 9. The predicted molar refractivity (Wildman–Crippen MR) is 115 cm³/mol. The van der Waals surface area contributed by atoms with Gasteiger partial charge < -0.3 is 25.0 Å². The monoisotopic (exact) mass is 434 g/mol. The Morgan fingerprint density at radius 3 is 2.55 bits per heavy atom. The third-order valence-electron chi connectivity index (χ3n) is 4.32. The maximum absolute atomic E-state index is 12.6. The van der Waals surface area contributed by atoms with Crippen LogP contribution in [0.2, 0.25) is 0 Å². The second-order valence-electron chi connectivity index (χ2n) is 6.99. The van der Waals surface area contributed by atoms with E-state index in [2.05, 4.69) is 20.4 Å². The van der Waals surface area contributed by atoms with Crippen LogP contribution in [-0.2, 0) is 17.9 Å². The Bertz CT molecular complexity index is 904. The van der Waals surface area contributed by atoms with E-state index in [-0.39, 0.29) is 24.8 Å². The molecule has 0 fully saturated rings. The van der Waals surface area contributed by atoms with Gasteiger partial charge in [0.05, 0.1) is 0 Å². The van der Waals surface area contributed by atoms with Crippen LogP contribution in [0.4, 0.5) is 8.78 Å². The molecule has 0 radical (unpaired) electrons. The van der Waals surface area contributed by atoms with Crippen molar-refractivity contribution in [2.45, 2.75) is 26.6 Å². The number of aliphatic imine (C=N–C) groups is 1. The molecule has 0 saturated heterocycles. The van der Waals surface area contributed by atoms with Gasteiger partial charge in [0.2, 0.25) is 0 Å². The van der Waals surface area contributed by atoms with Gasteiger partial charge in [0, 0.05) is 39.8 Å². The largest absolute Gasteiger partial charge is 0.484 e. The molecule has 0 aromatic heterocycles. The lowest BCUT2D eigenvalue weighted by atomic mass is 10.1. The van der Waals surface area contributed by atoms with E-state index < -0.39 is 6.61 Å². The molecule has 31 heavy (non-hydrogen) atoms. The summed E-state index contributed by atoms with van der Waals surface area (Å²) in [6, 6.07) is 12.4. The standard InChI is InChI=1S/C22H28F2N4O3/c1-15-8-9-19(31-21(23)24)17(10-15)13-27-22(25-2)26-12-16-6-5-7-18(11-16)30-14-20(29)28(3)4/h5-11,21H,12-14H2,1-4H3,(H2,25,26,27). The van der Waals surface area contributed by atoms with Gasteiger partial charge >= 0.3 is 6.61 Å². The molecule has 0 aliphatic carbocycles. The molecule has 9 heteroatoms. The zero-order valence-corrected chi connectivity index (χ0v) is 18.1. The number of carbonyl (C=O) groups excluding carboxylic acids is 1. The van der Waals surface area contributed by atoms with Crippen molar-refractivity contribution in [3.05, 3.63) is 59.2 Å². The molecule has 0 aliphatic heterocycles. The molecule has 0 atom stereocenters. The van der Waals surface area contributed by atoms with Crippen LogP contribution in [0.5, 0.6) is 11.5 Å². The van der Waals surface area contributed by atoms with Crippen molar-refractivity contribution in [1.29, 1.82) is 0 Å². The second kappa shape index (κ2) is 11.7. The summed E-state index contributed by atoms with van der Waals surface area (Å²) in [4.78, 5) is 17.3. The third kappa shape index (κ3) is 8.12. The number of hydrogen-bond donors (Lipinski definition) is 2. The summed E-state index contributed by atoms with van der Waals surface area (Å²) in [6.07, 6.45) is 0. The summed E-state index contributed by atoms with van der Waals surface area (Å²) in [5.41, 5.74) is 2.46. The first-order valence-electron chi connectivity index (χ1n) is 9.69. The topological polar surface area (TPSA) is 75.2 Å². The first kappa shape index (κ1) is 23.9. The van der Waals surface area contributed by atoms with Gasteiger partial charge in [0.1, 0.15) is 11.5 Å². The minimum absolute atomic E-state index is 0.0351. The van der Waals surface area contributed by atoms with E-state index in [0.29, 0.717) is 23.8 Å². The van der Waals surface area contributed by atoms with Gasteiger partial charge in [-0.2, -0.15) is 8.78 Å². The molecular formula is C22H28F2N4O3. The number of aryl methyl sites for hydroxylation is 1. The van der Waals surface area contributed by atoms with Crippen molar-refractivity contribution in [2.75, 3.05) is 27.7 Å². The van der Waals surface area contributed by atoms with E-state index in [1.165, 1.54) is 11.0 Å². The van der Waals surface area contributed by atoms with Gasteiger partial charge in [-0.25, -0.2) is 0 Å². The average molecular weight is 434 g/mol. The molecule has 2 N–H and O–H groups in total. The molecule has 0 unspecified atom stereocenters. The lowest BCUT2D eigenvalue weighted by Gasteiger charge is -2.15. The van der Waals surface area contributed by atoms with E-state index in [1.807, 2.05) is 25.1 Å². The zero-order chi connectivity index (χ0) is 22.8. The van der Waals surface area contributed by atoms with Crippen molar-refractivity contribution in [3.8, 4) is 11.5 Å². The summed E-state index contributed by atoms with van der Waals surface area (Å²) in [6.45, 7) is -0.330. The van der Waals surface area contributed by atoms with Gasteiger partial charge in [0.15, 0.2) is 12.6 Å². The van der Waals surface area contributed by atoms with Crippen molar-refractivity contribution in [1.82, 2.24) is 15.5 Å². The molecule has 7 nitrogen and oxygen atoms in total. The van der Waals surface area contributed by atoms with E-state index in [4.69, 9.17) is 4.74 Å². The first-order valence-corrected chi connectivity index (χ1v) is 9.69. The first-order chi connectivity index (χ1) is 14.8. The minimum Gasteiger partial charge on any atom is -0.484 e. The highest BCUT2D eigenvalue weighted by atomic mass is 19.3. The number of nitrogens with zero attached hydrogens (tertiary/aromatic N) is 2. The van der Waals surface area contributed by atoms with Crippen LogP contribution < -0.4 is 20.1 Å². The van der Waals surface area contributed by atoms with Gasteiger partial charge in [0.25, 0.3) is 5.91 Å². The van der Waals surface area contributed by atoms with Crippen molar-refractivity contribution >= 4 is 11.9 Å². The van der Waals surface area contributed by atoms with Crippen molar-refractivity contribution in [3.63, 3.8) is 0 Å². The molecule has 2 aromatic rings.